The Morgan fingerprint density at radius 1 is 1.16 bits per heavy atom. The van der Waals surface area contributed by atoms with Gasteiger partial charge in [0.1, 0.15) is 35.1 Å². The van der Waals surface area contributed by atoms with Gasteiger partial charge >= 0.3 is 6.09 Å². The molecule has 0 spiro atoms. The Labute approximate surface area is 292 Å². The summed E-state index contributed by atoms with van der Waals surface area (Å²) in [6.07, 6.45) is 2.78. The van der Waals surface area contributed by atoms with Crippen molar-refractivity contribution in [2.45, 2.75) is 94.9 Å². The van der Waals surface area contributed by atoms with Gasteiger partial charge in [0.05, 0.1) is 18.9 Å². The quantitative estimate of drug-likeness (QED) is 0.311. The summed E-state index contributed by atoms with van der Waals surface area (Å²) in [5.74, 6) is -1.96. The molecule has 3 fully saturated rings. The lowest BCUT2D eigenvalue weighted by Gasteiger charge is -2.36. The number of nitrogens with one attached hydrogen (secondary N) is 2. The Hall–Kier alpha value is -4.40. The van der Waals surface area contributed by atoms with Gasteiger partial charge in [0.2, 0.25) is 27.7 Å². The van der Waals surface area contributed by atoms with E-state index in [1.807, 2.05) is 18.2 Å². The molecule has 2 N–H and O–H groups in total. The average molecular weight is 714 g/mol. The lowest BCUT2D eigenvalue weighted by molar-refractivity contribution is -0.144. The van der Waals surface area contributed by atoms with Crippen LogP contribution in [-0.2, 0) is 29.1 Å². The molecule has 2 aliphatic carbocycles. The van der Waals surface area contributed by atoms with Gasteiger partial charge in [0.25, 0.3) is 5.91 Å². The van der Waals surface area contributed by atoms with Crippen molar-refractivity contribution in [1.82, 2.24) is 24.8 Å². The van der Waals surface area contributed by atoms with Crippen molar-refractivity contribution in [1.29, 1.82) is 0 Å². The highest BCUT2D eigenvalue weighted by Gasteiger charge is 2.62. The van der Waals surface area contributed by atoms with Gasteiger partial charge < -0.3 is 24.4 Å². The van der Waals surface area contributed by atoms with E-state index in [1.165, 1.54) is 22.9 Å². The number of fused-ring (bicyclic) bond motifs is 1. The third-order valence-corrected chi connectivity index (χ3v) is 11.1. The van der Waals surface area contributed by atoms with Crippen LogP contribution < -0.4 is 19.5 Å². The summed E-state index contributed by atoms with van der Waals surface area (Å²) in [6, 6.07) is 5.09. The van der Waals surface area contributed by atoms with E-state index in [4.69, 9.17) is 14.2 Å². The Bertz CT molecular complexity index is 1790. The molecule has 50 heavy (non-hydrogen) atoms. The topological polar surface area (TPSA) is 174 Å². The Morgan fingerprint density at radius 3 is 2.44 bits per heavy atom. The van der Waals surface area contributed by atoms with Gasteiger partial charge in [-0.15, -0.1) is 6.58 Å². The number of ether oxygens (including phenoxy) is 3. The molecule has 1 aliphatic heterocycles. The molecular formula is C35H47N5O9S. The number of rotatable bonds is 12. The molecule has 14 nitrogen and oxygen atoms in total. The normalized spacial score (nSPS) is 23.9. The molecule has 5 rings (SSSR count). The van der Waals surface area contributed by atoms with Crippen LogP contribution >= 0.6 is 0 Å². The number of pyridine rings is 1. The second kappa shape index (κ2) is 13.7. The first-order chi connectivity index (χ1) is 23.4. The fraction of sp³-hybridized carbons (Fsp3) is 0.571. The van der Waals surface area contributed by atoms with E-state index in [0.717, 1.165) is 5.39 Å². The fourth-order valence-electron chi connectivity index (χ4n) is 6.42. The van der Waals surface area contributed by atoms with Crippen LogP contribution in [0.1, 0.15) is 60.3 Å². The maximum absolute atomic E-state index is 14.4. The maximum atomic E-state index is 14.4. The number of aromatic nitrogens is 1. The second-order valence-electron chi connectivity index (χ2n) is 14.6. The number of hydrogen-bond donors (Lipinski definition) is 2. The number of sulfonamides is 1. The van der Waals surface area contributed by atoms with Crippen LogP contribution in [0.2, 0.25) is 0 Å². The van der Waals surface area contributed by atoms with Crippen LogP contribution in [0, 0.1) is 11.8 Å². The van der Waals surface area contributed by atoms with Crippen molar-refractivity contribution in [3.63, 3.8) is 0 Å². The zero-order valence-corrected chi connectivity index (χ0v) is 30.4. The van der Waals surface area contributed by atoms with Crippen LogP contribution in [0.25, 0.3) is 10.8 Å². The molecule has 3 aliphatic rings. The number of likely N-dealkylation sites (N-methyl/N-ethyl adjacent to an activating group) is 1. The lowest BCUT2D eigenvalue weighted by Crippen LogP contribution is -2.59. The number of amides is 4. The largest absolute Gasteiger partial charge is 0.497 e. The number of carbonyl (C=O) groups excluding carboxylic acids is 4. The summed E-state index contributed by atoms with van der Waals surface area (Å²) in [5, 5.41) is 3.65. The first-order valence-electron chi connectivity index (χ1n) is 16.8. The third-order valence-electron chi connectivity index (χ3n) is 9.29. The summed E-state index contributed by atoms with van der Waals surface area (Å²) in [7, 11) is -0.849. The van der Waals surface area contributed by atoms with E-state index < -0.39 is 74.3 Å². The monoisotopic (exact) mass is 713 g/mol. The van der Waals surface area contributed by atoms with Gasteiger partial charge in [-0.2, -0.15) is 0 Å². The molecular weight excluding hydrogens is 666 g/mol. The average Bonchev–Trinajstić information content (AvgIpc) is 3.96. The maximum Gasteiger partial charge on any atom is 0.410 e. The Morgan fingerprint density at radius 2 is 1.86 bits per heavy atom. The fourth-order valence-corrected chi connectivity index (χ4v) is 7.78. The lowest BCUT2D eigenvalue weighted by atomic mass is 10.0. The van der Waals surface area contributed by atoms with Crippen molar-refractivity contribution in [3.8, 4) is 11.6 Å². The van der Waals surface area contributed by atoms with Crippen LogP contribution in [0.3, 0.4) is 0 Å². The van der Waals surface area contributed by atoms with E-state index in [-0.39, 0.29) is 25.3 Å². The summed E-state index contributed by atoms with van der Waals surface area (Å²) in [6.45, 7) is 12.5. The summed E-state index contributed by atoms with van der Waals surface area (Å²) >= 11 is 0. The minimum Gasteiger partial charge on any atom is -0.497 e. The molecule has 2 aromatic rings. The first kappa shape index (κ1) is 36.9. The van der Waals surface area contributed by atoms with Gasteiger partial charge in [-0.3, -0.25) is 24.0 Å². The predicted molar refractivity (Wildman–Crippen MR) is 185 cm³/mol. The highest BCUT2D eigenvalue weighted by molar-refractivity contribution is 7.91. The molecule has 2 heterocycles. The molecule has 0 bridgehead atoms. The molecule has 0 unspecified atom stereocenters. The van der Waals surface area contributed by atoms with Gasteiger partial charge in [-0.25, -0.2) is 18.2 Å². The molecule has 1 aromatic heterocycles. The summed E-state index contributed by atoms with van der Waals surface area (Å²) in [5.41, 5.74) is -2.36. The molecule has 4 amide bonds. The van der Waals surface area contributed by atoms with Crippen molar-refractivity contribution in [2.24, 2.45) is 11.8 Å². The van der Waals surface area contributed by atoms with Crippen molar-refractivity contribution < 1.29 is 41.8 Å². The highest BCUT2D eigenvalue weighted by atomic mass is 32.2. The number of likely N-dealkylation sites (tertiary alicyclic amines) is 1. The number of nitrogens with zero attached hydrogens (tertiary/aromatic N) is 3. The van der Waals surface area contributed by atoms with Crippen LogP contribution in [-0.4, -0.2) is 102 Å². The molecule has 0 radical (unpaired) electrons. The van der Waals surface area contributed by atoms with Gasteiger partial charge in [-0.05, 0) is 75.6 Å². The molecule has 1 aromatic carbocycles. The number of carbonyl (C=O) groups is 4. The van der Waals surface area contributed by atoms with Crippen LogP contribution in [0.15, 0.2) is 43.1 Å². The van der Waals surface area contributed by atoms with E-state index in [1.54, 1.807) is 54.0 Å². The van der Waals surface area contributed by atoms with E-state index in [2.05, 4.69) is 21.6 Å². The van der Waals surface area contributed by atoms with Gasteiger partial charge in [-0.1, -0.05) is 19.9 Å². The molecule has 2 saturated carbocycles. The molecule has 272 valence electrons. The first-order valence-corrected chi connectivity index (χ1v) is 18.3. The number of methoxy groups -OCH3 is 1. The van der Waals surface area contributed by atoms with Gasteiger partial charge in [0, 0.05) is 31.0 Å². The molecule has 1 saturated heterocycles. The number of hydrogen-bond acceptors (Lipinski definition) is 10. The predicted octanol–water partition coefficient (Wildman–Crippen LogP) is 3.15. The smallest absolute Gasteiger partial charge is 0.410 e. The zero-order chi connectivity index (χ0) is 36.8. The Balaban J connectivity index is 1.44. The van der Waals surface area contributed by atoms with E-state index >= 15 is 0 Å². The standard InChI is InChI=1S/C35H47N5O9S/c1-9-22-18-35(22,32(43)38-50(45,46)25-11-12-25)37-29(41)27-17-24(48-30-26-13-10-23(47-8)16-21(26)14-15-36-30)19-40(27)31(42)28(20(2)3)39(7)33(44)49-34(4,5)6/h9-10,13-16,20,22,24-25,27-28H,1,11-12,17-19H2,2-8H3,(H,37,41)(H,38,43)/t22-,24-,27+,28+,35-/m1/s1. The third kappa shape index (κ3) is 7.67. The minimum absolute atomic E-state index is 0.0311. The van der Waals surface area contributed by atoms with Crippen molar-refractivity contribution >= 4 is 44.6 Å². The summed E-state index contributed by atoms with van der Waals surface area (Å²) in [4.78, 5) is 62.2. The van der Waals surface area contributed by atoms with E-state index in [0.29, 0.717) is 29.9 Å². The minimum atomic E-state index is -3.89. The number of benzene rings is 1. The van der Waals surface area contributed by atoms with Crippen LogP contribution in [0.5, 0.6) is 11.6 Å². The Kier molecular flexibility index (Phi) is 10.1. The highest BCUT2D eigenvalue weighted by Crippen LogP contribution is 2.45. The van der Waals surface area contributed by atoms with E-state index in [9.17, 15) is 27.6 Å². The SMILES string of the molecule is C=C[C@@H]1C[C@]1(NC(=O)[C@@H]1C[C@@H](Oc2nccc3cc(OC)ccc23)CN1C(=O)[C@H](C(C)C)N(C)C(=O)OC(C)(C)C)C(=O)NS(=O)(=O)C1CC1. The molecule has 5 atom stereocenters. The summed E-state index contributed by atoms with van der Waals surface area (Å²) < 4.78 is 44.7. The van der Waals surface area contributed by atoms with Crippen LogP contribution in [0.4, 0.5) is 4.79 Å². The van der Waals surface area contributed by atoms with Crippen molar-refractivity contribution in [3.05, 3.63) is 43.1 Å². The van der Waals surface area contributed by atoms with Crippen molar-refractivity contribution in [2.75, 3.05) is 20.7 Å². The molecule has 15 heteroatoms. The zero-order valence-electron chi connectivity index (χ0n) is 29.6. The van der Waals surface area contributed by atoms with Gasteiger partial charge in [0.15, 0.2) is 0 Å². The second-order valence-corrected chi connectivity index (χ2v) is 16.6.